The fraction of sp³-hybridized carbons (Fsp3) is 0.133. The average Bonchev–Trinajstić information content (AvgIpc) is 2.89. The second kappa shape index (κ2) is 4.85. The molecular formula is C15H13FN2O2. The van der Waals surface area contributed by atoms with E-state index in [-0.39, 0.29) is 0 Å². The number of nitrogens with one attached hydrogen (secondary N) is 1. The highest BCUT2D eigenvalue weighted by Crippen LogP contribution is 2.31. The predicted octanol–water partition coefficient (Wildman–Crippen LogP) is 3.68. The van der Waals surface area contributed by atoms with Crippen LogP contribution in [-0.2, 0) is 0 Å². The maximum Gasteiger partial charge on any atom is 0.225 e. The number of furan rings is 1. The van der Waals surface area contributed by atoms with E-state index < -0.39 is 5.95 Å². The largest absolute Gasteiger partial charge is 0.497 e. The van der Waals surface area contributed by atoms with Gasteiger partial charge in [-0.3, -0.25) is 0 Å². The first-order valence-corrected chi connectivity index (χ1v) is 6.13. The van der Waals surface area contributed by atoms with Crippen molar-refractivity contribution in [3.8, 4) is 17.1 Å². The van der Waals surface area contributed by atoms with E-state index in [0.29, 0.717) is 22.7 Å². The van der Waals surface area contributed by atoms with Gasteiger partial charge in [-0.15, -0.1) is 0 Å². The lowest BCUT2D eigenvalue weighted by Crippen LogP contribution is -1.95. The third-order valence-electron chi connectivity index (χ3n) is 3.09. The van der Waals surface area contributed by atoms with Crippen molar-refractivity contribution < 1.29 is 13.5 Å². The molecule has 20 heavy (non-hydrogen) atoms. The van der Waals surface area contributed by atoms with Crippen LogP contribution in [0.15, 0.2) is 40.8 Å². The summed E-state index contributed by atoms with van der Waals surface area (Å²) in [5.74, 6) is 1.08. The maximum absolute atomic E-state index is 14.0. The summed E-state index contributed by atoms with van der Waals surface area (Å²) in [6, 6.07) is 10.6. The Hall–Kier alpha value is -2.56. The van der Waals surface area contributed by atoms with E-state index in [4.69, 9.17) is 9.15 Å². The van der Waals surface area contributed by atoms with Gasteiger partial charge in [-0.1, -0.05) is 0 Å². The topological polar surface area (TPSA) is 47.3 Å². The number of nitrogens with zero attached hydrogens (tertiary/aromatic N) is 1. The first-order valence-electron chi connectivity index (χ1n) is 6.13. The summed E-state index contributed by atoms with van der Waals surface area (Å²) >= 11 is 0. The number of methoxy groups -OCH3 is 1. The first kappa shape index (κ1) is 12.5. The zero-order chi connectivity index (χ0) is 14.1. The van der Waals surface area contributed by atoms with Crippen molar-refractivity contribution in [2.45, 2.75) is 0 Å². The Labute approximate surface area is 115 Å². The van der Waals surface area contributed by atoms with Crippen molar-refractivity contribution in [1.29, 1.82) is 0 Å². The number of anilines is 1. The smallest absolute Gasteiger partial charge is 0.225 e. The van der Waals surface area contributed by atoms with E-state index in [1.54, 1.807) is 44.5 Å². The number of halogens is 1. The standard InChI is InChI=1S/C15H13FN2O2/c1-17-14-6-4-11(15(16)18-14)13-8-9-7-10(19-2)3-5-12(9)20-13/h3-8H,1-2H3,(H,17,18)/i8+2. The molecule has 3 rings (SSSR count). The molecule has 0 amide bonds. The fourth-order valence-corrected chi connectivity index (χ4v) is 2.04. The van der Waals surface area contributed by atoms with Gasteiger partial charge in [0.05, 0.1) is 12.7 Å². The lowest BCUT2D eigenvalue weighted by molar-refractivity contribution is 0.415. The van der Waals surface area contributed by atoms with Crippen LogP contribution in [0.4, 0.5) is 10.2 Å². The fourth-order valence-electron chi connectivity index (χ4n) is 2.04. The molecule has 0 bridgehead atoms. The van der Waals surface area contributed by atoms with E-state index in [1.807, 2.05) is 6.07 Å². The lowest BCUT2D eigenvalue weighted by Gasteiger charge is -2.01. The van der Waals surface area contributed by atoms with Crippen LogP contribution in [0.5, 0.6) is 5.75 Å². The molecule has 0 fully saturated rings. The molecule has 0 aliphatic carbocycles. The molecule has 0 unspecified atom stereocenters. The minimum Gasteiger partial charge on any atom is -0.497 e. The van der Waals surface area contributed by atoms with E-state index in [0.717, 1.165) is 11.1 Å². The Morgan fingerprint density at radius 3 is 2.85 bits per heavy atom. The summed E-state index contributed by atoms with van der Waals surface area (Å²) in [5, 5.41) is 3.65. The van der Waals surface area contributed by atoms with E-state index >= 15 is 0 Å². The van der Waals surface area contributed by atoms with Crippen LogP contribution in [0.3, 0.4) is 0 Å². The summed E-state index contributed by atoms with van der Waals surface area (Å²) in [5.41, 5.74) is 1.01. The average molecular weight is 274 g/mol. The summed E-state index contributed by atoms with van der Waals surface area (Å²) in [4.78, 5) is 3.81. The first-order chi connectivity index (χ1) is 9.71. The minimum absolute atomic E-state index is 0.333. The summed E-state index contributed by atoms with van der Waals surface area (Å²) < 4.78 is 24.8. The molecule has 0 atom stereocenters. The molecule has 5 heteroatoms. The Balaban J connectivity index is 2.10. The van der Waals surface area contributed by atoms with E-state index in [9.17, 15) is 4.39 Å². The zero-order valence-electron chi connectivity index (χ0n) is 11.1. The van der Waals surface area contributed by atoms with Crippen molar-refractivity contribution in [2.75, 3.05) is 19.5 Å². The zero-order valence-corrected chi connectivity index (χ0v) is 11.1. The Morgan fingerprint density at radius 1 is 1.30 bits per heavy atom. The highest BCUT2D eigenvalue weighted by atomic mass is 19.1. The molecule has 2 heterocycles. The van der Waals surface area contributed by atoms with Crippen molar-refractivity contribution in [1.82, 2.24) is 4.98 Å². The van der Waals surface area contributed by atoms with E-state index in [2.05, 4.69) is 10.3 Å². The van der Waals surface area contributed by atoms with Gasteiger partial charge in [0.1, 0.15) is 22.9 Å². The van der Waals surface area contributed by atoms with Crippen molar-refractivity contribution in [3.63, 3.8) is 0 Å². The number of benzene rings is 1. The molecule has 0 aliphatic heterocycles. The normalized spacial score (nSPS) is 10.8. The lowest BCUT2D eigenvalue weighted by atomic mass is 10.2. The minimum atomic E-state index is -0.567. The SMILES string of the molecule is CNc1ccc(-c2[14cH]c3cc(OC)ccc3o2)c(F)n1. The highest BCUT2D eigenvalue weighted by molar-refractivity contribution is 5.84. The monoisotopic (exact) mass is 274 g/mol. The van der Waals surface area contributed by atoms with Gasteiger partial charge >= 0.3 is 0 Å². The molecule has 0 aliphatic rings. The highest BCUT2D eigenvalue weighted by Gasteiger charge is 2.13. The summed E-state index contributed by atoms with van der Waals surface area (Å²) in [7, 11) is 3.29. The predicted molar refractivity (Wildman–Crippen MR) is 75.5 cm³/mol. The van der Waals surface area contributed by atoms with Gasteiger partial charge in [0.15, 0.2) is 0 Å². The molecule has 0 spiro atoms. The van der Waals surface area contributed by atoms with Crippen molar-refractivity contribution in [3.05, 3.63) is 42.3 Å². The third kappa shape index (κ3) is 2.07. The summed E-state index contributed by atoms with van der Waals surface area (Å²) in [6.07, 6.45) is 0. The number of fused-ring (bicyclic) bond motifs is 1. The van der Waals surface area contributed by atoms with Gasteiger partial charge in [0, 0.05) is 12.4 Å². The summed E-state index contributed by atoms with van der Waals surface area (Å²) in [6.45, 7) is 0. The second-order valence-electron chi connectivity index (χ2n) is 4.30. The molecule has 3 aromatic rings. The van der Waals surface area contributed by atoms with Gasteiger partial charge in [-0.2, -0.15) is 4.39 Å². The van der Waals surface area contributed by atoms with Gasteiger partial charge in [0.2, 0.25) is 5.95 Å². The van der Waals surface area contributed by atoms with Crippen LogP contribution in [-0.4, -0.2) is 19.1 Å². The number of hydrogen-bond donors (Lipinski definition) is 1. The Bertz CT molecular complexity index is 768. The number of rotatable bonds is 3. The number of pyridine rings is 1. The van der Waals surface area contributed by atoms with Gasteiger partial charge in [-0.25, -0.2) is 4.98 Å². The molecule has 4 nitrogen and oxygen atoms in total. The quantitative estimate of drug-likeness (QED) is 0.740. The van der Waals surface area contributed by atoms with Crippen LogP contribution in [0.25, 0.3) is 22.3 Å². The van der Waals surface area contributed by atoms with Crippen LogP contribution >= 0.6 is 0 Å². The number of hydrogen-bond acceptors (Lipinski definition) is 4. The molecule has 1 N–H and O–H groups in total. The molecule has 2 aromatic heterocycles. The molecule has 0 radical (unpaired) electrons. The van der Waals surface area contributed by atoms with Gasteiger partial charge < -0.3 is 14.5 Å². The number of aromatic nitrogens is 1. The molecule has 0 saturated heterocycles. The van der Waals surface area contributed by atoms with Crippen LogP contribution in [0.1, 0.15) is 0 Å². The third-order valence-corrected chi connectivity index (χ3v) is 3.09. The Kier molecular flexibility index (Phi) is 3.02. The van der Waals surface area contributed by atoms with Gasteiger partial charge in [-0.05, 0) is 36.4 Å². The van der Waals surface area contributed by atoms with Crippen LogP contribution in [0, 0.1) is 5.95 Å². The van der Waals surface area contributed by atoms with Crippen molar-refractivity contribution in [2.24, 2.45) is 0 Å². The Morgan fingerprint density at radius 2 is 2.15 bits per heavy atom. The molecule has 102 valence electrons. The van der Waals surface area contributed by atoms with E-state index in [1.165, 1.54) is 0 Å². The molecule has 1 aromatic carbocycles. The van der Waals surface area contributed by atoms with Crippen LogP contribution < -0.4 is 10.1 Å². The molecular weight excluding hydrogens is 261 g/mol. The molecule has 0 saturated carbocycles. The van der Waals surface area contributed by atoms with Gasteiger partial charge in [0.25, 0.3) is 0 Å². The second-order valence-corrected chi connectivity index (χ2v) is 4.30. The maximum atomic E-state index is 14.0. The van der Waals surface area contributed by atoms with Crippen LogP contribution in [0.2, 0.25) is 0 Å². The van der Waals surface area contributed by atoms with Crippen molar-refractivity contribution >= 4 is 16.8 Å². The number of ether oxygens (including phenoxy) is 1.